The number of benzene rings is 1. The Bertz CT molecular complexity index is 540. The maximum absolute atomic E-state index is 11.9. The molecule has 0 unspecified atom stereocenters. The van der Waals surface area contributed by atoms with Crippen LogP contribution in [0.1, 0.15) is 29.9 Å². The summed E-state index contributed by atoms with van der Waals surface area (Å²) in [5.41, 5.74) is 2.84. The van der Waals surface area contributed by atoms with Crippen LogP contribution < -0.4 is 5.32 Å². The highest BCUT2D eigenvalue weighted by Gasteiger charge is 2.09. The number of aryl methyl sites for hydroxylation is 1. The Kier molecular flexibility index (Phi) is 3.18. The van der Waals surface area contributed by atoms with E-state index in [4.69, 9.17) is 0 Å². The highest BCUT2D eigenvalue weighted by atomic mass is 16.1. The lowest BCUT2D eigenvalue weighted by Crippen LogP contribution is -2.27. The van der Waals surface area contributed by atoms with Gasteiger partial charge in [-0.05, 0) is 31.0 Å². The molecule has 0 aliphatic rings. The second-order valence-corrected chi connectivity index (χ2v) is 4.88. The van der Waals surface area contributed by atoms with Gasteiger partial charge in [-0.2, -0.15) is 0 Å². The van der Waals surface area contributed by atoms with Crippen molar-refractivity contribution in [3.8, 4) is 0 Å². The Morgan fingerprint density at radius 2 is 2.12 bits per heavy atom. The first-order valence-electron chi connectivity index (χ1n) is 5.94. The molecule has 0 aliphatic carbocycles. The third kappa shape index (κ3) is 2.67. The Hall–Kier alpha value is -1.77. The minimum absolute atomic E-state index is 0.0347. The quantitative estimate of drug-likeness (QED) is 0.836. The molecule has 2 N–H and O–H groups in total. The molecule has 3 nitrogen and oxygen atoms in total. The molecule has 0 bridgehead atoms. The summed E-state index contributed by atoms with van der Waals surface area (Å²) in [6.07, 6.45) is 0. The van der Waals surface area contributed by atoms with Gasteiger partial charge in [0.1, 0.15) is 5.69 Å². The van der Waals surface area contributed by atoms with Crippen molar-refractivity contribution < 1.29 is 4.79 Å². The summed E-state index contributed by atoms with van der Waals surface area (Å²) < 4.78 is 0. The van der Waals surface area contributed by atoms with Crippen molar-refractivity contribution >= 4 is 16.8 Å². The number of carbonyl (C=O) groups is 1. The largest absolute Gasteiger partial charge is 0.351 e. The number of fused-ring (bicyclic) bond motifs is 1. The Morgan fingerprint density at radius 3 is 2.82 bits per heavy atom. The number of amides is 1. The predicted molar refractivity (Wildman–Crippen MR) is 70.2 cm³/mol. The summed E-state index contributed by atoms with van der Waals surface area (Å²) in [5, 5.41) is 3.99. The highest BCUT2D eigenvalue weighted by molar-refractivity contribution is 5.98. The summed E-state index contributed by atoms with van der Waals surface area (Å²) in [6, 6.07) is 8.02. The van der Waals surface area contributed by atoms with Gasteiger partial charge in [-0.3, -0.25) is 4.79 Å². The van der Waals surface area contributed by atoms with Gasteiger partial charge in [0.15, 0.2) is 0 Å². The monoisotopic (exact) mass is 230 g/mol. The van der Waals surface area contributed by atoms with Gasteiger partial charge in [-0.15, -0.1) is 0 Å². The summed E-state index contributed by atoms with van der Waals surface area (Å²) in [4.78, 5) is 15.0. The first kappa shape index (κ1) is 11.7. The van der Waals surface area contributed by atoms with Crippen LogP contribution >= 0.6 is 0 Å². The number of carbonyl (C=O) groups excluding carboxylic acids is 1. The van der Waals surface area contributed by atoms with Gasteiger partial charge in [0.05, 0.1) is 0 Å². The van der Waals surface area contributed by atoms with Gasteiger partial charge in [-0.25, -0.2) is 0 Å². The fourth-order valence-electron chi connectivity index (χ4n) is 1.77. The maximum Gasteiger partial charge on any atom is 0.267 e. The number of hydrogen-bond acceptors (Lipinski definition) is 1. The van der Waals surface area contributed by atoms with E-state index in [9.17, 15) is 4.79 Å². The van der Waals surface area contributed by atoms with Crippen molar-refractivity contribution in [1.29, 1.82) is 0 Å². The topological polar surface area (TPSA) is 44.9 Å². The van der Waals surface area contributed by atoms with Crippen LogP contribution in [0.5, 0.6) is 0 Å². The van der Waals surface area contributed by atoms with Gasteiger partial charge in [0, 0.05) is 17.4 Å². The van der Waals surface area contributed by atoms with Crippen LogP contribution in [0, 0.1) is 12.8 Å². The SMILES string of the molecule is Cc1ccc2[nH]c(C(=O)NCC(C)C)cc2c1. The summed E-state index contributed by atoms with van der Waals surface area (Å²) in [5.74, 6) is 0.429. The van der Waals surface area contributed by atoms with Crippen molar-refractivity contribution in [3.05, 3.63) is 35.5 Å². The normalized spacial score (nSPS) is 11.1. The highest BCUT2D eigenvalue weighted by Crippen LogP contribution is 2.16. The van der Waals surface area contributed by atoms with Crippen LogP contribution in [0.3, 0.4) is 0 Å². The van der Waals surface area contributed by atoms with Gasteiger partial charge in [0.2, 0.25) is 0 Å². The van der Waals surface area contributed by atoms with E-state index < -0.39 is 0 Å². The van der Waals surface area contributed by atoms with Crippen molar-refractivity contribution in [2.45, 2.75) is 20.8 Å². The Morgan fingerprint density at radius 1 is 1.35 bits per heavy atom. The molecular formula is C14H18N2O. The molecule has 0 fully saturated rings. The second-order valence-electron chi connectivity index (χ2n) is 4.88. The standard InChI is InChI=1S/C14H18N2O/c1-9(2)8-15-14(17)13-7-11-6-10(3)4-5-12(11)16-13/h4-7,9,16H,8H2,1-3H3,(H,15,17). The molecule has 1 amide bonds. The van der Waals surface area contributed by atoms with E-state index in [1.165, 1.54) is 5.56 Å². The van der Waals surface area contributed by atoms with E-state index >= 15 is 0 Å². The fraction of sp³-hybridized carbons (Fsp3) is 0.357. The Balaban J connectivity index is 2.21. The average Bonchev–Trinajstić information content (AvgIpc) is 2.68. The number of aromatic nitrogens is 1. The van der Waals surface area contributed by atoms with E-state index in [2.05, 4.69) is 30.2 Å². The molecule has 0 atom stereocenters. The van der Waals surface area contributed by atoms with Gasteiger partial charge in [-0.1, -0.05) is 25.5 Å². The van der Waals surface area contributed by atoms with Crippen LogP contribution in [-0.2, 0) is 0 Å². The Labute approximate surface area is 101 Å². The molecule has 0 saturated heterocycles. The van der Waals surface area contributed by atoms with Crippen molar-refractivity contribution in [2.75, 3.05) is 6.54 Å². The number of nitrogens with one attached hydrogen (secondary N) is 2. The van der Waals surface area contributed by atoms with Crippen LogP contribution in [0.2, 0.25) is 0 Å². The van der Waals surface area contributed by atoms with Crippen molar-refractivity contribution in [1.82, 2.24) is 10.3 Å². The first-order chi connectivity index (χ1) is 8.06. The van der Waals surface area contributed by atoms with E-state index in [0.717, 1.165) is 10.9 Å². The molecule has 3 heteroatoms. The molecule has 0 radical (unpaired) electrons. The van der Waals surface area contributed by atoms with Crippen LogP contribution in [0.25, 0.3) is 10.9 Å². The van der Waals surface area contributed by atoms with Gasteiger partial charge >= 0.3 is 0 Å². The second kappa shape index (κ2) is 4.62. The lowest BCUT2D eigenvalue weighted by molar-refractivity contribution is 0.0945. The number of rotatable bonds is 3. The van der Waals surface area contributed by atoms with E-state index in [-0.39, 0.29) is 5.91 Å². The number of aromatic amines is 1. The molecule has 0 saturated carbocycles. The summed E-state index contributed by atoms with van der Waals surface area (Å²) >= 11 is 0. The minimum atomic E-state index is -0.0347. The summed E-state index contributed by atoms with van der Waals surface area (Å²) in [6.45, 7) is 6.90. The predicted octanol–water partition coefficient (Wildman–Crippen LogP) is 2.86. The molecule has 2 rings (SSSR count). The van der Waals surface area contributed by atoms with Crippen molar-refractivity contribution in [3.63, 3.8) is 0 Å². The van der Waals surface area contributed by atoms with E-state index in [1.54, 1.807) is 0 Å². The smallest absolute Gasteiger partial charge is 0.267 e. The van der Waals surface area contributed by atoms with Gasteiger partial charge in [0.25, 0.3) is 5.91 Å². The molecule has 90 valence electrons. The van der Waals surface area contributed by atoms with Crippen LogP contribution in [0.15, 0.2) is 24.3 Å². The fourth-order valence-corrected chi connectivity index (χ4v) is 1.77. The van der Waals surface area contributed by atoms with E-state index in [0.29, 0.717) is 18.2 Å². The summed E-state index contributed by atoms with van der Waals surface area (Å²) in [7, 11) is 0. The molecule has 1 heterocycles. The minimum Gasteiger partial charge on any atom is -0.351 e. The van der Waals surface area contributed by atoms with Crippen LogP contribution in [0.4, 0.5) is 0 Å². The molecule has 1 aromatic heterocycles. The molecule has 17 heavy (non-hydrogen) atoms. The molecule has 0 aliphatic heterocycles. The first-order valence-corrected chi connectivity index (χ1v) is 5.94. The maximum atomic E-state index is 11.9. The van der Waals surface area contributed by atoms with Crippen LogP contribution in [-0.4, -0.2) is 17.4 Å². The molecule has 1 aromatic carbocycles. The number of H-pyrrole nitrogens is 1. The molecular weight excluding hydrogens is 212 g/mol. The van der Waals surface area contributed by atoms with Crippen molar-refractivity contribution in [2.24, 2.45) is 5.92 Å². The van der Waals surface area contributed by atoms with E-state index in [1.807, 2.05) is 25.1 Å². The lowest BCUT2D eigenvalue weighted by Gasteiger charge is -2.05. The molecule has 2 aromatic rings. The zero-order valence-corrected chi connectivity index (χ0v) is 10.5. The molecule has 0 spiro atoms. The third-order valence-electron chi connectivity index (χ3n) is 2.69. The average molecular weight is 230 g/mol. The zero-order chi connectivity index (χ0) is 12.4. The zero-order valence-electron chi connectivity index (χ0n) is 10.5. The lowest BCUT2D eigenvalue weighted by atomic mass is 10.2. The number of hydrogen-bond donors (Lipinski definition) is 2. The third-order valence-corrected chi connectivity index (χ3v) is 2.69. The van der Waals surface area contributed by atoms with Gasteiger partial charge < -0.3 is 10.3 Å².